The minimum atomic E-state index is -1.92. The fourth-order valence-corrected chi connectivity index (χ4v) is 3.11. The summed E-state index contributed by atoms with van der Waals surface area (Å²) in [6.07, 6.45) is 1.40. The van der Waals surface area contributed by atoms with Crippen molar-refractivity contribution in [1.82, 2.24) is 4.90 Å². The van der Waals surface area contributed by atoms with Crippen molar-refractivity contribution < 1.29 is 18.8 Å². The highest BCUT2D eigenvalue weighted by molar-refractivity contribution is 6.74. The van der Waals surface area contributed by atoms with Crippen LogP contribution in [0, 0.1) is 11.8 Å². The molecule has 114 valence electrons. The molecule has 0 aromatic heterocycles. The molecule has 2 unspecified atom stereocenters. The summed E-state index contributed by atoms with van der Waals surface area (Å²) in [5.41, 5.74) is 0. The van der Waals surface area contributed by atoms with Crippen LogP contribution in [-0.4, -0.2) is 38.6 Å². The Labute approximate surface area is 121 Å². The summed E-state index contributed by atoms with van der Waals surface area (Å²) in [4.78, 5) is 25.1. The highest BCUT2D eigenvalue weighted by Crippen LogP contribution is 2.41. The van der Waals surface area contributed by atoms with E-state index in [0.717, 1.165) is 12.8 Å². The molecular weight excluding hydrogens is 274 g/mol. The van der Waals surface area contributed by atoms with Gasteiger partial charge in [-0.15, -0.1) is 0 Å². The number of amides is 2. The third-order valence-corrected chi connectivity index (χ3v) is 9.50. The summed E-state index contributed by atoms with van der Waals surface area (Å²) in [5, 5.41) is 0.0714. The second kappa shape index (κ2) is 5.15. The first-order valence-corrected chi connectivity index (χ1v) is 10.2. The largest absolute Gasteiger partial charge is 0.423 e. The number of carbonyl (C=O) groups is 2. The smallest absolute Gasteiger partial charge is 0.418 e. The van der Waals surface area contributed by atoms with E-state index in [1.165, 1.54) is 4.90 Å². The van der Waals surface area contributed by atoms with Crippen molar-refractivity contribution in [3.05, 3.63) is 0 Å². The maximum absolute atomic E-state index is 11.9. The lowest BCUT2D eigenvalue weighted by molar-refractivity contribution is -0.131. The summed E-state index contributed by atoms with van der Waals surface area (Å²) in [7, 11) is -1.92. The molecule has 20 heavy (non-hydrogen) atoms. The summed E-state index contributed by atoms with van der Waals surface area (Å²) in [6, 6.07) is 0. The van der Waals surface area contributed by atoms with Crippen LogP contribution in [0.25, 0.3) is 0 Å². The molecule has 1 aliphatic carbocycles. The van der Waals surface area contributed by atoms with Crippen LogP contribution in [0.4, 0.5) is 4.79 Å². The topological polar surface area (TPSA) is 55.8 Å². The van der Waals surface area contributed by atoms with Gasteiger partial charge in [-0.2, -0.15) is 0 Å². The third kappa shape index (κ3) is 2.76. The van der Waals surface area contributed by atoms with Gasteiger partial charge in [0.15, 0.2) is 15.1 Å². The lowest BCUT2D eigenvalue weighted by Crippen LogP contribution is -2.42. The lowest BCUT2D eigenvalue weighted by Gasteiger charge is -2.35. The van der Waals surface area contributed by atoms with Crippen LogP contribution in [-0.2, 0) is 14.0 Å². The summed E-state index contributed by atoms with van der Waals surface area (Å²) >= 11 is 0. The maximum atomic E-state index is 11.9. The molecule has 0 bridgehead atoms. The van der Waals surface area contributed by atoms with Crippen molar-refractivity contribution in [3.63, 3.8) is 0 Å². The molecule has 2 amide bonds. The average molecular weight is 299 g/mol. The Hall–Kier alpha value is -0.883. The zero-order valence-electron chi connectivity index (χ0n) is 13.1. The van der Waals surface area contributed by atoms with Crippen LogP contribution < -0.4 is 0 Å². The van der Waals surface area contributed by atoms with Gasteiger partial charge in [0, 0.05) is 12.5 Å². The van der Waals surface area contributed by atoms with Gasteiger partial charge in [-0.1, -0.05) is 20.8 Å². The first kappa shape index (κ1) is 15.5. The fourth-order valence-electron chi connectivity index (χ4n) is 2.32. The Balaban J connectivity index is 1.80. The number of hydrogen-bond acceptors (Lipinski definition) is 4. The Morgan fingerprint density at radius 2 is 2.00 bits per heavy atom. The van der Waals surface area contributed by atoms with E-state index in [2.05, 4.69) is 33.9 Å². The van der Waals surface area contributed by atoms with Crippen LogP contribution >= 0.6 is 0 Å². The molecule has 2 atom stereocenters. The molecule has 0 spiro atoms. The van der Waals surface area contributed by atoms with E-state index in [9.17, 15) is 9.59 Å². The number of carbonyl (C=O) groups excluding carboxylic acids is 2. The molecule has 1 saturated heterocycles. The van der Waals surface area contributed by atoms with Gasteiger partial charge in [0.25, 0.3) is 0 Å². The molecule has 1 aliphatic heterocycles. The highest BCUT2D eigenvalue weighted by atomic mass is 28.4. The van der Waals surface area contributed by atoms with E-state index >= 15 is 0 Å². The van der Waals surface area contributed by atoms with E-state index in [4.69, 9.17) is 9.16 Å². The number of ether oxygens (including phenoxy) is 1. The predicted molar refractivity (Wildman–Crippen MR) is 77.6 cm³/mol. The number of hydrogen-bond donors (Lipinski definition) is 0. The van der Waals surface area contributed by atoms with Crippen molar-refractivity contribution in [1.29, 1.82) is 0 Å². The minimum Gasteiger partial charge on any atom is -0.423 e. The molecule has 2 fully saturated rings. The minimum absolute atomic E-state index is 0.0591. The molecule has 6 heteroatoms. The van der Waals surface area contributed by atoms with Gasteiger partial charge in [0.2, 0.25) is 5.91 Å². The molecule has 2 rings (SSSR count). The Morgan fingerprint density at radius 3 is 2.40 bits per heavy atom. The van der Waals surface area contributed by atoms with E-state index in [0.29, 0.717) is 12.5 Å². The van der Waals surface area contributed by atoms with Crippen LogP contribution in [0.1, 0.15) is 33.6 Å². The molecule has 1 heterocycles. The predicted octanol–water partition coefficient (Wildman–Crippen LogP) is 2.97. The maximum Gasteiger partial charge on any atom is 0.418 e. The van der Waals surface area contributed by atoms with Gasteiger partial charge in [-0.25, -0.2) is 9.69 Å². The summed E-state index contributed by atoms with van der Waals surface area (Å²) < 4.78 is 10.9. The normalized spacial score (nSPS) is 26.2. The van der Waals surface area contributed by atoms with E-state index in [-0.39, 0.29) is 23.7 Å². The van der Waals surface area contributed by atoms with Crippen LogP contribution in [0.3, 0.4) is 0 Å². The van der Waals surface area contributed by atoms with Crippen molar-refractivity contribution in [2.75, 3.05) is 13.3 Å². The van der Waals surface area contributed by atoms with E-state index < -0.39 is 14.4 Å². The Morgan fingerprint density at radius 1 is 1.35 bits per heavy atom. The summed E-state index contributed by atoms with van der Waals surface area (Å²) in [6.45, 7) is 11.0. The second-order valence-electron chi connectivity index (χ2n) is 7.33. The third-order valence-electron chi connectivity index (χ3n) is 5.05. The number of nitrogens with zero attached hydrogens (tertiary/aromatic N) is 1. The van der Waals surface area contributed by atoms with Gasteiger partial charge < -0.3 is 9.16 Å². The van der Waals surface area contributed by atoms with Crippen LogP contribution in [0.5, 0.6) is 0 Å². The average Bonchev–Trinajstić information content (AvgIpc) is 2.46. The monoisotopic (exact) mass is 299 g/mol. The van der Waals surface area contributed by atoms with Gasteiger partial charge >= 0.3 is 6.09 Å². The fraction of sp³-hybridized carbons (Fsp3) is 0.857. The second-order valence-corrected chi connectivity index (χ2v) is 12.1. The Kier molecular flexibility index (Phi) is 3.99. The Bertz CT molecular complexity index is 416. The molecule has 2 aliphatic rings. The number of rotatable bonds is 3. The molecule has 1 saturated carbocycles. The van der Waals surface area contributed by atoms with Crippen molar-refractivity contribution in [2.24, 2.45) is 11.8 Å². The molecule has 0 aromatic rings. The summed E-state index contributed by atoms with van der Waals surface area (Å²) in [5.74, 6) is 0.346. The number of imide groups is 1. The van der Waals surface area contributed by atoms with Gasteiger partial charge in [-0.05, 0) is 36.9 Å². The molecule has 0 aromatic carbocycles. The molecule has 5 nitrogen and oxygen atoms in total. The van der Waals surface area contributed by atoms with Gasteiger partial charge in [0.05, 0.1) is 0 Å². The first-order valence-electron chi connectivity index (χ1n) is 7.25. The van der Waals surface area contributed by atoms with E-state index in [1.54, 1.807) is 0 Å². The quantitative estimate of drug-likeness (QED) is 0.594. The van der Waals surface area contributed by atoms with Crippen molar-refractivity contribution >= 4 is 20.3 Å². The van der Waals surface area contributed by atoms with Crippen LogP contribution in [0.15, 0.2) is 0 Å². The van der Waals surface area contributed by atoms with Crippen LogP contribution in [0.2, 0.25) is 18.1 Å². The lowest BCUT2D eigenvalue weighted by atomic mass is 9.76. The highest BCUT2D eigenvalue weighted by Gasteiger charge is 2.49. The number of likely N-dealkylation sites (tertiary alicyclic amines) is 1. The zero-order chi connectivity index (χ0) is 15.1. The van der Waals surface area contributed by atoms with Gasteiger partial charge in [0.1, 0.15) is 0 Å². The molecule has 0 radical (unpaired) electrons. The standard InChI is InChI=1S/C14H25NO4Si/c1-14(2,3)20(4,5)19-9-18-13(17)15-8-10-6-7-11(10)12(15)16/h10-11H,6-9H2,1-5H3. The van der Waals surface area contributed by atoms with Crippen molar-refractivity contribution in [2.45, 2.75) is 51.7 Å². The SMILES string of the molecule is CC(C)(C)[Si](C)(C)OCOC(=O)N1CC2CCC2C1=O. The molecular formula is C14H25NO4Si. The zero-order valence-corrected chi connectivity index (χ0v) is 14.1. The van der Waals surface area contributed by atoms with E-state index in [1.807, 2.05) is 0 Å². The number of fused-ring (bicyclic) bond motifs is 1. The molecule has 0 N–H and O–H groups in total. The van der Waals surface area contributed by atoms with Crippen molar-refractivity contribution in [3.8, 4) is 0 Å². The van der Waals surface area contributed by atoms with Gasteiger partial charge in [-0.3, -0.25) is 4.79 Å². The first-order chi connectivity index (χ1) is 9.13.